The summed E-state index contributed by atoms with van der Waals surface area (Å²) in [7, 11) is 0. The lowest BCUT2D eigenvalue weighted by atomic mass is 9.88. The first kappa shape index (κ1) is 16.1. The smallest absolute Gasteiger partial charge is 0.169 e. The van der Waals surface area contributed by atoms with E-state index in [4.69, 9.17) is 16.3 Å². The van der Waals surface area contributed by atoms with Crippen molar-refractivity contribution in [2.24, 2.45) is 0 Å². The van der Waals surface area contributed by atoms with E-state index in [2.05, 4.69) is 0 Å². The number of Topliss-reactive ketones (excluding diaryl/α,β-unsaturated/α-hetero) is 1. The van der Waals surface area contributed by atoms with E-state index in [0.717, 1.165) is 0 Å². The molecule has 0 aromatic heterocycles. The molecule has 2 nitrogen and oxygen atoms in total. The molecule has 0 aliphatic rings. The summed E-state index contributed by atoms with van der Waals surface area (Å²) in [6, 6.07) is 4.70. The first-order valence-electron chi connectivity index (χ1n) is 6.60. The number of carbonyl (C=O) groups excluding carboxylic acids is 1. The normalized spacial score (nSPS) is 11.6. The second-order valence-electron chi connectivity index (χ2n) is 4.45. The van der Waals surface area contributed by atoms with E-state index < -0.39 is 11.4 Å². The van der Waals surface area contributed by atoms with Gasteiger partial charge in [-0.1, -0.05) is 37.6 Å². The Labute approximate surface area is 118 Å². The Hall–Kier alpha value is -0.930. The van der Waals surface area contributed by atoms with Gasteiger partial charge in [-0.2, -0.15) is 0 Å². The number of rotatable bonds is 7. The monoisotopic (exact) mass is 286 g/mol. The molecule has 0 saturated heterocycles. The second-order valence-corrected chi connectivity index (χ2v) is 4.85. The van der Waals surface area contributed by atoms with Crippen molar-refractivity contribution >= 4 is 17.4 Å². The number of hydrogen-bond donors (Lipinski definition) is 0. The molecule has 0 unspecified atom stereocenters. The van der Waals surface area contributed by atoms with E-state index in [1.54, 1.807) is 12.1 Å². The predicted octanol–water partition coefficient (Wildman–Crippen LogP) is 4.19. The van der Waals surface area contributed by atoms with Gasteiger partial charge in [0, 0.05) is 13.0 Å². The fraction of sp³-hybridized carbons (Fsp3) is 0.533. The lowest BCUT2D eigenvalue weighted by molar-refractivity contribution is -0.144. The molecule has 106 valence electrons. The Kier molecular flexibility index (Phi) is 5.95. The van der Waals surface area contributed by atoms with Gasteiger partial charge in [-0.3, -0.25) is 4.79 Å². The van der Waals surface area contributed by atoms with Gasteiger partial charge >= 0.3 is 0 Å². The molecular weight excluding hydrogens is 267 g/mol. The number of ketones is 1. The number of halogens is 2. The molecule has 0 amide bonds. The summed E-state index contributed by atoms with van der Waals surface area (Å²) in [6.45, 7) is 6.13. The van der Waals surface area contributed by atoms with Gasteiger partial charge in [0.05, 0.1) is 5.02 Å². The fourth-order valence-corrected chi connectivity index (χ4v) is 2.42. The Morgan fingerprint density at radius 3 is 2.47 bits per heavy atom. The topological polar surface area (TPSA) is 26.3 Å². The number of hydrogen-bond acceptors (Lipinski definition) is 2. The molecule has 0 atom stereocenters. The molecule has 0 N–H and O–H groups in total. The first-order valence-corrected chi connectivity index (χ1v) is 6.98. The largest absolute Gasteiger partial charge is 0.368 e. The van der Waals surface area contributed by atoms with Crippen molar-refractivity contribution in [3.8, 4) is 0 Å². The van der Waals surface area contributed by atoms with Gasteiger partial charge in [0.25, 0.3) is 0 Å². The molecule has 0 heterocycles. The summed E-state index contributed by atoms with van der Waals surface area (Å²) in [5.74, 6) is -0.615. The van der Waals surface area contributed by atoms with Gasteiger partial charge < -0.3 is 4.74 Å². The van der Waals surface area contributed by atoms with E-state index in [1.807, 2.05) is 20.8 Å². The molecule has 1 rings (SSSR count). The van der Waals surface area contributed by atoms with Crippen LogP contribution in [0.5, 0.6) is 0 Å². The first-order chi connectivity index (χ1) is 9.00. The summed E-state index contributed by atoms with van der Waals surface area (Å²) in [6.07, 6.45) is 1.17. The van der Waals surface area contributed by atoms with Crippen LogP contribution in [-0.2, 0) is 16.0 Å². The Morgan fingerprint density at radius 1 is 1.32 bits per heavy atom. The van der Waals surface area contributed by atoms with Crippen LogP contribution in [0.25, 0.3) is 0 Å². The maximum atomic E-state index is 13.8. The molecule has 19 heavy (non-hydrogen) atoms. The maximum Gasteiger partial charge on any atom is 0.169 e. The lowest BCUT2D eigenvalue weighted by Gasteiger charge is -2.30. The minimum Gasteiger partial charge on any atom is -0.368 e. The second kappa shape index (κ2) is 7.01. The molecule has 1 aromatic rings. The van der Waals surface area contributed by atoms with E-state index in [9.17, 15) is 9.18 Å². The number of carbonyl (C=O) groups is 1. The summed E-state index contributed by atoms with van der Waals surface area (Å²) in [5.41, 5.74) is -0.493. The number of ether oxygens (including phenoxy) is 1. The molecule has 4 heteroatoms. The molecule has 0 bridgehead atoms. The summed E-state index contributed by atoms with van der Waals surface area (Å²) in [4.78, 5) is 12.4. The minimum atomic E-state index is -0.816. The van der Waals surface area contributed by atoms with E-state index >= 15 is 0 Å². The lowest BCUT2D eigenvalue weighted by Crippen LogP contribution is -2.41. The summed E-state index contributed by atoms with van der Waals surface area (Å²) in [5, 5.41) is 0.0420. The van der Waals surface area contributed by atoms with Gasteiger partial charge in [-0.05, 0) is 31.4 Å². The van der Waals surface area contributed by atoms with Gasteiger partial charge in [-0.25, -0.2) is 4.39 Å². The molecular formula is C15H20ClFO2. The number of benzene rings is 1. The third kappa shape index (κ3) is 3.54. The zero-order valence-corrected chi connectivity index (χ0v) is 12.4. The Morgan fingerprint density at radius 2 is 1.95 bits per heavy atom. The maximum absolute atomic E-state index is 13.8. The molecule has 0 aliphatic heterocycles. The van der Waals surface area contributed by atoms with Crippen LogP contribution in [0.4, 0.5) is 4.39 Å². The van der Waals surface area contributed by atoms with Crippen LogP contribution in [0.2, 0.25) is 5.02 Å². The van der Waals surface area contributed by atoms with Crippen LogP contribution in [0.1, 0.15) is 39.2 Å². The summed E-state index contributed by atoms with van der Waals surface area (Å²) < 4.78 is 19.4. The summed E-state index contributed by atoms with van der Waals surface area (Å²) >= 11 is 5.72. The van der Waals surface area contributed by atoms with Gasteiger partial charge in [0.15, 0.2) is 5.78 Å². The van der Waals surface area contributed by atoms with Crippen molar-refractivity contribution in [3.05, 3.63) is 34.6 Å². The highest BCUT2D eigenvalue weighted by Crippen LogP contribution is 2.26. The third-order valence-corrected chi connectivity index (χ3v) is 3.75. The van der Waals surface area contributed by atoms with Crippen LogP contribution in [0, 0.1) is 5.82 Å². The SMILES string of the molecule is CCOC(CC)(CC)C(=O)Cc1cccc(Cl)c1F. The third-order valence-electron chi connectivity index (χ3n) is 3.45. The van der Waals surface area contributed by atoms with Crippen LogP contribution in [0.15, 0.2) is 18.2 Å². The standard InChI is InChI=1S/C15H20ClFO2/c1-4-15(5-2,19-6-3)13(18)10-11-8-7-9-12(16)14(11)17/h7-9H,4-6,10H2,1-3H3. The molecule has 0 fully saturated rings. The zero-order chi connectivity index (χ0) is 14.5. The Bertz CT molecular complexity index is 442. The van der Waals surface area contributed by atoms with Crippen molar-refractivity contribution in [1.82, 2.24) is 0 Å². The van der Waals surface area contributed by atoms with E-state index in [-0.39, 0.29) is 17.2 Å². The van der Waals surface area contributed by atoms with Crippen LogP contribution in [-0.4, -0.2) is 18.0 Å². The Balaban J connectivity index is 2.97. The molecule has 0 saturated carbocycles. The minimum absolute atomic E-state index is 0.00801. The molecule has 1 aromatic carbocycles. The molecule has 0 spiro atoms. The van der Waals surface area contributed by atoms with Crippen molar-refractivity contribution < 1.29 is 13.9 Å². The van der Waals surface area contributed by atoms with Crippen LogP contribution < -0.4 is 0 Å². The molecule has 0 aliphatic carbocycles. The van der Waals surface area contributed by atoms with Gasteiger partial charge in [0.1, 0.15) is 11.4 Å². The highest BCUT2D eigenvalue weighted by Gasteiger charge is 2.35. The van der Waals surface area contributed by atoms with Crippen LogP contribution >= 0.6 is 11.6 Å². The molecule has 0 radical (unpaired) electrons. The van der Waals surface area contributed by atoms with E-state index in [1.165, 1.54) is 6.07 Å². The highest BCUT2D eigenvalue weighted by atomic mass is 35.5. The van der Waals surface area contributed by atoms with Crippen molar-refractivity contribution in [2.45, 2.75) is 45.6 Å². The van der Waals surface area contributed by atoms with Crippen molar-refractivity contribution in [2.75, 3.05) is 6.61 Å². The van der Waals surface area contributed by atoms with E-state index in [0.29, 0.717) is 25.0 Å². The average molecular weight is 287 g/mol. The zero-order valence-electron chi connectivity index (χ0n) is 11.6. The van der Waals surface area contributed by atoms with Gasteiger partial charge in [-0.15, -0.1) is 0 Å². The average Bonchev–Trinajstić information content (AvgIpc) is 2.41. The van der Waals surface area contributed by atoms with Gasteiger partial charge in [0.2, 0.25) is 0 Å². The van der Waals surface area contributed by atoms with Crippen molar-refractivity contribution in [3.63, 3.8) is 0 Å². The highest BCUT2D eigenvalue weighted by molar-refractivity contribution is 6.30. The van der Waals surface area contributed by atoms with Crippen LogP contribution in [0.3, 0.4) is 0 Å². The van der Waals surface area contributed by atoms with Crippen molar-refractivity contribution in [1.29, 1.82) is 0 Å². The predicted molar refractivity (Wildman–Crippen MR) is 75.1 cm³/mol. The quantitative estimate of drug-likeness (QED) is 0.751. The fourth-order valence-electron chi connectivity index (χ4n) is 2.22.